The molecule has 4 heterocycles. The van der Waals surface area contributed by atoms with Crippen LogP contribution in [0.4, 0.5) is 5.82 Å². The predicted octanol–water partition coefficient (Wildman–Crippen LogP) is 7.63. The molecule has 1 aliphatic rings. The monoisotopic (exact) mass is 499 g/mol. The minimum atomic E-state index is 0.755. The summed E-state index contributed by atoms with van der Waals surface area (Å²) in [4.78, 5) is 13.7. The molecule has 5 nitrogen and oxygen atoms in total. The van der Waals surface area contributed by atoms with Gasteiger partial charge in [0, 0.05) is 35.2 Å². The first kappa shape index (κ1) is 22.1. The maximum atomic E-state index is 5.21. The highest BCUT2D eigenvalue weighted by molar-refractivity contribution is 7.26. The molecule has 1 aliphatic heterocycles. The number of anilines is 1. The van der Waals surface area contributed by atoms with Crippen LogP contribution in [0.25, 0.3) is 54.2 Å². The Kier molecular flexibility index (Phi) is 5.59. The number of nitrogens with zero attached hydrogens (tertiary/aromatic N) is 5. The van der Waals surface area contributed by atoms with Crippen molar-refractivity contribution in [2.75, 3.05) is 18.0 Å². The number of thiophene rings is 1. The first-order valence-electron chi connectivity index (χ1n) is 12.8. The van der Waals surface area contributed by atoms with Gasteiger partial charge in [-0.2, -0.15) is 0 Å². The number of piperidine rings is 1. The minimum absolute atomic E-state index is 0.755. The van der Waals surface area contributed by atoms with Crippen molar-refractivity contribution in [3.63, 3.8) is 0 Å². The van der Waals surface area contributed by atoms with Gasteiger partial charge >= 0.3 is 0 Å². The van der Waals surface area contributed by atoms with E-state index in [-0.39, 0.29) is 0 Å². The van der Waals surface area contributed by atoms with Gasteiger partial charge in [-0.15, -0.1) is 21.5 Å². The lowest BCUT2D eigenvalue weighted by Crippen LogP contribution is -2.30. The molecule has 0 saturated carbocycles. The van der Waals surface area contributed by atoms with Crippen molar-refractivity contribution >= 4 is 37.6 Å². The number of rotatable bonds is 4. The molecule has 0 atom stereocenters. The Morgan fingerprint density at radius 1 is 0.622 bits per heavy atom. The second-order valence-electron chi connectivity index (χ2n) is 9.40. The Morgan fingerprint density at radius 2 is 1.24 bits per heavy atom. The lowest BCUT2D eigenvalue weighted by Gasteiger charge is -2.28. The summed E-state index contributed by atoms with van der Waals surface area (Å²) in [5.41, 5.74) is 6.08. The van der Waals surface area contributed by atoms with Crippen LogP contribution in [-0.2, 0) is 0 Å². The third-order valence-corrected chi connectivity index (χ3v) is 8.08. The smallest absolute Gasteiger partial charge is 0.162 e. The van der Waals surface area contributed by atoms with Gasteiger partial charge in [0.05, 0.1) is 10.2 Å². The molecule has 0 unspecified atom stereocenters. The Labute approximate surface area is 219 Å². The van der Waals surface area contributed by atoms with E-state index in [4.69, 9.17) is 20.2 Å². The zero-order chi connectivity index (χ0) is 24.6. The van der Waals surface area contributed by atoms with Crippen molar-refractivity contribution in [2.45, 2.75) is 19.3 Å². The van der Waals surface area contributed by atoms with Crippen molar-refractivity contribution in [3.05, 3.63) is 91.0 Å². The Hall–Kier alpha value is -4.16. The molecule has 0 aliphatic carbocycles. The van der Waals surface area contributed by atoms with Crippen LogP contribution in [0.15, 0.2) is 91.0 Å². The number of aromatic nitrogens is 4. The Balaban J connectivity index is 1.59. The van der Waals surface area contributed by atoms with Crippen molar-refractivity contribution < 1.29 is 0 Å². The lowest BCUT2D eigenvalue weighted by atomic mass is 9.97. The topological polar surface area (TPSA) is 54.8 Å². The molecule has 0 N–H and O–H groups in total. The van der Waals surface area contributed by atoms with E-state index in [0.717, 1.165) is 73.1 Å². The normalized spacial score (nSPS) is 13.9. The molecule has 6 aromatic rings. The van der Waals surface area contributed by atoms with E-state index in [9.17, 15) is 0 Å². The van der Waals surface area contributed by atoms with Crippen molar-refractivity contribution in [1.82, 2.24) is 20.2 Å². The first-order chi connectivity index (χ1) is 18.4. The average Bonchev–Trinajstić information content (AvgIpc) is 3.37. The molecular formula is C31H25N5S. The largest absolute Gasteiger partial charge is 0.355 e. The summed E-state index contributed by atoms with van der Waals surface area (Å²) in [6.07, 6.45) is 3.64. The molecule has 6 heteroatoms. The highest BCUT2D eigenvalue weighted by atomic mass is 32.1. The SMILES string of the molecule is c1ccc(-c2nc(N3CCCCC3)c3sc4nnc(-c5ccccc5)c(-c5ccccc5)c4c3n2)cc1. The fourth-order valence-corrected chi connectivity index (χ4v) is 6.32. The molecule has 7 rings (SSSR count). The number of hydrogen-bond acceptors (Lipinski definition) is 6. The molecule has 0 bridgehead atoms. The maximum Gasteiger partial charge on any atom is 0.162 e. The summed E-state index contributed by atoms with van der Waals surface area (Å²) in [6, 6.07) is 31.1. The average molecular weight is 500 g/mol. The fourth-order valence-electron chi connectivity index (χ4n) is 5.23. The summed E-state index contributed by atoms with van der Waals surface area (Å²) in [7, 11) is 0. The second kappa shape index (κ2) is 9.37. The van der Waals surface area contributed by atoms with E-state index in [1.165, 1.54) is 19.3 Å². The summed E-state index contributed by atoms with van der Waals surface area (Å²) in [6.45, 7) is 2.03. The van der Waals surface area contributed by atoms with E-state index in [2.05, 4.69) is 53.4 Å². The molecule has 37 heavy (non-hydrogen) atoms. The van der Waals surface area contributed by atoms with Gasteiger partial charge in [0.1, 0.15) is 10.5 Å². The highest BCUT2D eigenvalue weighted by Gasteiger charge is 2.25. The third-order valence-electron chi connectivity index (χ3n) is 7.02. The van der Waals surface area contributed by atoms with Gasteiger partial charge in [-0.05, 0) is 24.8 Å². The zero-order valence-electron chi connectivity index (χ0n) is 20.3. The molecule has 0 spiro atoms. The van der Waals surface area contributed by atoms with Crippen LogP contribution < -0.4 is 4.90 Å². The van der Waals surface area contributed by atoms with Crippen molar-refractivity contribution in [1.29, 1.82) is 0 Å². The van der Waals surface area contributed by atoms with Crippen LogP contribution in [0.3, 0.4) is 0 Å². The van der Waals surface area contributed by atoms with Crippen LogP contribution in [0.2, 0.25) is 0 Å². The number of fused-ring (bicyclic) bond motifs is 3. The van der Waals surface area contributed by atoms with Gasteiger partial charge in [0.25, 0.3) is 0 Å². The molecule has 3 aromatic heterocycles. The second-order valence-corrected chi connectivity index (χ2v) is 10.4. The van der Waals surface area contributed by atoms with Gasteiger partial charge < -0.3 is 4.90 Å². The van der Waals surface area contributed by atoms with Gasteiger partial charge in [-0.3, -0.25) is 0 Å². The number of hydrogen-bond donors (Lipinski definition) is 0. The maximum absolute atomic E-state index is 5.21. The third kappa shape index (κ3) is 3.94. The summed E-state index contributed by atoms with van der Waals surface area (Å²) >= 11 is 1.66. The standard InChI is InChI=1S/C31H25N5S/c1-5-13-21(14-6-1)24-25-27-28(37-31(25)35-34-26(24)22-15-7-2-8-16-22)30(36-19-11-4-12-20-36)33-29(32-27)23-17-9-3-10-18-23/h1-3,5-10,13-18H,4,11-12,19-20H2. The molecule has 3 aromatic carbocycles. The summed E-state index contributed by atoms with van der Waals surface area (Å²) < 4.78 is 1.09. The van der Waals surface area contributed by atoms with Crippen LogP contribution in [0.5, 0.6) is 0 Å². The van der Waals surface area contributed by atoms with Crippen LogP contribution >= 0.6 is 11.3 Å². The van der Waals surface area contributed by atoms with Gasteiger partial charge in [0.15, 0.2) is 11.6 Å². The first-order valence-corrected chi connectivity index (χ1v) is 13.6. The highest BCUT2D eigenvalue weighted by Crippen LogP contribution is 2.45. The lowest BCUT2D eigenvalue weighted by molar-refractivity contribution is 0.575. The van der Waals surface area contributed by atoms with Crippen LogP contribution in [0.1, 0.15) is 19.3 Å². The Morgan fingerprint density at radius 3 is 1.92 bits per heavy atom. The van der Waals surface area contributed by atoms with E-state index in [1.807, 2.05) is 42.5 Å². The van der Waals surface area contributed by atoms with E-state index >= 15 is 0 Å². The van der Waals surface area contributed by atoms with E-state index < -0.39 is 0 Å². The molecule has 180 valence electrons. The quantitative estimate of drug-likeness (QED) is 0.250. The molecular weight excluding hydrogens is 474 g/mol. The number of benzene rings is 3. The minimum Gasteiger partial charge on any atom is -0.355 e. The fraction of sp³-hybridized carbons (Fsp3) is 0.161. The summed E-state index contributed by atoms with van der Waals surface area (Å²) in [5, 5.41) is 10.6. The van der Waals surface area contributed by atoms with Crippen LogP contribution in [0, 0.1) is 0 Å². The predicted molar refractivity (Wildman–Crippen MR) is 153 cm³/mol. The van der Waals surface area contributed by atoms with Crippen molar-refractivity contribution in [3.8, 4) is 33.8 Å². The van der Waals surface area contributed by atoms with E-state index in [1.54, 1.807) is 11.3 Å². The van der Waals surface area contributed by atoms with Crippen LogP contribution in [-0.4, -0.2) is 33.3 Å². The van der Waals surface area contributed by atoms with Gasteiger partial charge in [-0.1, -0.05) is 91.0 Å². The van der Waals surface area contributed by atoms with Gasteiger partial charge in [0.2, 0.25) is 0 Å². The van der Waals surface area contributed by atoms with Gasteiger partial charge in [-0.25, -0.2) is 9.97 Å². The molecule has 0 radical (unpaired) electrons. The van der Waals surface area contributed by atoms with E-state index in [0.29, 0.717) is 0 Å². The molecule has 1 fully saturated rings. The molecule has 1 saturated heterocycles. The summed E-state index contributed by atoms with van der Waals surface area (Å²) in [5.74, 6) is 1.78. The Bertz CT molecular complexity index is 1690. The zero-order valence-corrected chi connectivity index (χ0v) is 21.2. The van der Waals surface area contributed by atoms with Crippen molar-refractivity contribution in [2.24, 2.45) is 0 Å². The molecule has 0 amide bonds.